The molecule has 122 valence electrons. The smallest absolute Gasteiger partial charge is 0.260 e. The van der Waals surface area contributed by atoms with E-state index < -0.39 is 6.10 Å². The number of aliphatic hydroxyl groups excluding tert-OH is 1. The van der Waals surface area contributed by atoms with E-state index in [-0.39, 0.29) is 12.0 Å². The maximum absolute atomic E-state index is 12.1. The zero-order chi connectivity index (χ0) is 16.1. The van der Waals surface area contributed by atoms with Crippen LogP contribution in [0.15, 0.2) is 18.2 Å². The van der Waals surface area contributed by atoms with Gasteiger partial charge in [-0.1, -0.05) is 29.6 Å². The highest BCUT2D eigenvalue weighted by Gasteiger charge is 2.22. The fourth-order valence-corrected chi connectivity index (χ4v) is 2.93. The Kier molecular flexibility index (Phi) is 6.36. The van der Waals surface area contributed by atoms with E-state index in [0.29, 0.717) is 28.3 Å². The van der Waals surface area contributed by atoms with Gasteiger partial charge in [-0.2, -0.15) is 0 Å². The first-order chi connectivity index (χ1) is 10.5. The normalized spacial score (nSPS) is 22.9. The molecule has 22 heavy (non-hydrogen) atoms. The third-order valence-electron chi connectivity index (χ3n) is 3.89. The van der Waals surface area contributed by atoms with Gasteiger partial charge in [0, 0.05) is 12.6 Å². The van der Waals surface area contributed by atoms with Crippen LogP contribution in [0.3, 0.4) is 0 Å². The summed E-state index contributed by atoms with van der Waals surface area (Å²) in [6, 6.07) is 4.90. The number of carbonyl (C=O) groups excluding carboxylic acids is 1. The van der Waals surface area contributed by atoms with Crippen LogP contribution in [0.25, 0.3) is 0 Å². The fourth-order valence-electron chi connectivity index (χ4n) is 2.64. The fraction of sp³-hybridized carbons (Fsp3) is 0.562. The summed E-state index contributed by atoms with van der Waals surface area (Å²) in [6.07, 6.45) is 2.81. The number of amides is 1. The van der Waals surface area contributed by atoms with Crippen molar-refractivity contribution in [1.29, 1.82) is 0 Å². The Morgan fingerprint density at radius 2 is 2.18 bits per heavy atom. The minimum Gasteiger partial charge on any atom is -0.481 e. The summed E-state index contributed by atoms with van der Waals surface area (Å²) in [5.74, 6) is 0.668. The van der Waals surface area contributed by atoms with E-state index in [1.165, 1.54) is 0 Å². The second-order valence-electron chi connectivity index (χ2n) is 5.77. The zero-order valence-corrected chi connectivity index (χ0v) is 14.0. The van der Waals surface area contributed by atoms with Crippen molar-refractivity contribution in [3.8, 4) is 5.75 Å². The molecule has 0 radical (unpaired) electrons. The van der Waals surface area contributed by atoms with Gasteiger partial charge in [0.25, 0.3) is 5.91 Å². The molecule has 0 spiro atoms. The van der Waals surface area contributed by atoms with Crippen LogP contribution in [0.5, 0.6) is 5.75 Å². The van der Waals surface area contributed by atoms with Gasteiger partial charge in [-0.25, -0.2) is 0 Å². The topological polar surface area (TPSA) is 58.6 Å². The van der Waals surface area contributed by atoms with Crippen LogP contribution in [-0.4, -0.2) is 29.8 Å². The van der Waals surface area contributed by atoms with Crippen molar-refractivity contribution in [2.75, 3.05) is 6.54 Å². The van der Waals surface area contributed by atoms with Gasteiger partial charge in [0.1, 0.15) is 5.75 Å². The van der Waals surface area contributed by atoms with Crippen LogP contribution >= 0.6 is 23.2 Å². The number of rotatable bonds is 5. The summed E-state index contributed by atoms with van der Waals surface area (Å²) in [5, 5.41) is 13.4. The van der Waals surface area contributed by atoms with Crippen molar-refractivity contribution in [2.24, 2.45) is 5.92 Å². The van der Waals surface area contributed by atoms with Crippen molar-refractivity contribution in [3.63, 3.8) is 0 Å². The van der Waals surface area contributed by atoms with Crippen molar-refractivity contribution in [3.05, 3.63) is 28.2 Å². The Morgan fingerprint density at radius 1 is 1.41 bits per heavy atom. The van der Waals surface area contributed by atoms with E-state index >= 15 is 0 Å². The molecular weight excluding hydrogens is 325 g/mol. The lowest BCUT2D eigenvalue weighted by molar-refractivity contribution is -0.127. The lowest BCUT2D eigenvalue weighted by Gasteiger charge is -2.26. The van der Waals surface area contributed by atoms with Gasteiger partial charge in [0.15, 0.2) is 6.10 Å². The first-order valence-corrected chi connectivity index (χ1v) is 8.28. The van der Waals surface area contributed by atoms with Gasteiger partial charge in [0.2, 0.25) is 0 Å². The number of hydrogen-bond acceptors (Lipinski definition) is 3. The summed E-state index contributed by atoms with van der Waals surface area (Å²) in [5.41, 5.74) is 0. The van der Waals surface area contributed by atoms with E-state index in [1.54, 1.807) is 25.1 Å². The van der Waals surface area contributed by atoms with Crippen molar-refractivity contribution in [1.82, 2.24) is 5.32 Å². The van der Waals surface area contributed by atoms with Crippen LogP contribution in [-0.2, 0) is 4.79 Å². The highest BCUT2D eigenvalue weighted by Crippen LogP contribution is 2.27. The van der Waals surface area contributed by atoms with Crippen LogP contribution in [0, 0.1) is 5.92 Å². The Balaban J connectivity index is 1.80. The van der Waals surface area contributed by atoms with Crippen LogP contribution in [0.1, 0.15) is 32.6 Å². The summed E-state index contributed by atoms with van der Waals surface area (Å²) in [6.45, 7) is 2.26. The molecule has 1 amide bonds. The minimum atomic E-state index is -0.620. The number of nitrogens with one attached hydrogen (secondary N) is 1. The SMILES string of the molecule is CC(Oc1ccc(Cl)c(Cl)c1)C(=O)NCC1CCCC(O)C1. The molecule has 1 aliphatic rings. The van der Waals surface area contributed by atoms with E-state index in [9.17, 15) is 9.90 Å². The first kappa shape index (κ1) is 17.4. The van der Waals surface area contributed by atoms with Crippen LogP contribution in [0.4, 0.5) is 0 Å². The Morgan fingerprint density at radius 3 is 2.86 bits per heavy atom. The molecule has 0 saturated heterocycles. The second kappa shape index (κ2) is 8.04. The van der Waals surface area contributed by atoms with Crippen molar-refractivity contribution < 1.29 is 14.6 Å². The lowest BCUT2D eigenvalue weighted by Crippen LogP contribution is -2.40. The molecule has 1 aromatic carbocycles. The molecule has 3 atom stereocenters. The van der Waals surface area contributed by atoms with Gasteiger partial charge < -0.3 is 15.2 Å². The number of halogens is 2. The predicted octanol–water partition coefficient (Wildman–Crippen LogP) is 3.43. The molecule has 1 aliphatic carbocycles. The molecule has 1 saturated carbocycles. The molecule has 6 heteroatoms. The first-order valence-electron chi connectivity index (χ1n) is 7.53. The second-order valence-corrected chi connectivity index (χ2v) is 6.58. The third kappa shape index (κ3) is 5.04. The number of carbonyl (C=O) groups is 1. The van der Waals surface area contributed by atoms with E-state index in [2.05, 4.69) is 5.32 Å². The van der Waals surface area contributed by atoms with E-state index in [1.807, 2.05) is 0 Å². The zero-order valence-electron chi connectivity index (χ0n) is 12.5. The van der Waals surface area contributed by atoms with Gasteiger partial charge >= 0.3 is 0 Å². The predicted molar refractivity (Wildman–Crippen MR) is 87.5 cm³/mol. The molecular formula is C16H21Cl2NO3. The Bertz CT molecular complexity index is 524. The standard InChI is InChI=1S/C16H21Cl2NO3/c1-10(22-13-5-6-14(17)15(18)8-13)16(21)19-9-11-3-2-4-12(20)7-11/h5-6,8,10-12,20H,2-4,7,9H2,1H3,(H,19,21). The molecule has 1 fully saturated rings. The summed E-state index contributed by atoms with van der Waals surface area (Å²) >= 11 is 11.8. The van der Waals surface area contributed by atoms with Gasteiger partial charge in [-0.15, -0.1) is 0 Å². The highest BCUT2D eigenvalue weighted by atomic mass is 35.5. The summed E-state index contributed by atoms with van der Waals surface area (Å²) in [7, 11) is 0. The van der Waals surface area contributed by atoms with Gasteiger partial charge in [-0.3, -0.25) is 4.79 Å². The van der Waals surface area contributed by atoms with Gasteiger partial charge in [-0.05, 0) is 44.2 Å². The Hall–Kier alpha value is -0.970. The molecule has 4 nitrogen and oxygen atoms in total. The maximum Gasteiger partial charge on any atom is 0.260 e. The third-order valence-corrected chi connectivity index (χ3v) is 4.63. The average molecular weight is 346 g/mol. The summed E-state index contributed by atoms with van der Waals surface area (Å²) < 4.78 is 5.57. The number of hydrogen-bond donors (Lipinski definition) is 2. The van der Waals surface area contributed by atoms with Crippen LogP contribution in [0.2, 0.25) is 10.0 Å². The highest BCUT2D eigenvalue weighted by molar-refractivity contribution is 6.42. The lowest BCUT2D eigenvalue weighted by atomic mass is 9.87. The largest absolute Gasteiger partial charge is 0.481 e. The summed E-state index contributed by atoms with van der Waals surface area (Å²) in [4.78, 5) is 12.1. The van der Waals surface area contributed by atoms with E-state index in [0.717, 1.165) is 25.7 Å². The molecule has 0 aromatic heterocycles. The molecule has 0 aliphatic heterocycles. The number of benzene rings is 1. The monoisotopic (exact) mass is 345 g/mol. The molecule has 3 unspecified atom stereocenters. The maximum atomic E-state index is 12.1. The molecule has 2 rings (SSSR count). The van der Waals surface area contributed by atoms with Crippen molar-refractivity contribution >= 4 is 29.1 Å². The van der Waals surface area contributed by atoms with Gasteiger partial charge in [0.05, 0.1) is 16.1 Å². The number of ether oxygens (including phenoxy) is 1. The molecule has 0 bridgehead atoms. The quantitative estimate of drug-likeness (QED) is 0.859. The van der Waals surface area contributed by atoms with Crippen LogP contribution < -0.4 is 10.1 Å². The van der Waals surface area contributed by atoms with Crippen molar-refractivity contribution in [2.45, 2.75) is 44.8 Å². The van der Waals surface area contributed by atoms with E-state index in [4.69, 9.17) is 27.9 Å². The average Bonchev–Trinajstić information content (AvgIpc) is 2.48. The molecule has 2 N–H and O–H groups in total. The Labute approximate surface area is 140 Å². The minimum absolute atomic E-state index is 0.175. The molecule has 0 heterocycles. The molecule has 1 aromatic rings. The number of aliphatic hydroxyl groups is 1.